The summed E-state index contributed by atoms with van der Waals surface area (Å²) in [4.78, 5) is 45.4. The van der Waals surface area contributed by atoms with Crippen LogP contribution in [0.1, 0.15) is 59.7 Å². The van der Waals surface area contributed by atoms with Gasteiger partial charge in [0, 0.05) is 33.2 Å². The summed E-state index contributed by atoms with van der Waals surface area (Å²) >= 11 is 0. The molecule has 0 bridgehead atoms. The van der Waals surface area contributed by atoms with Crippen molar-refractivity contribution in [1.29, 1.82) is 0 Å². The molecule has 4 amide bonds. The van der Waals surface area contributed by atoms with Gasteiger partial charge in [0.2, 0.25) is 11.8 Å². The van der Waals surface area contributed by atoms with E-state index in [-0.39, 0.29) is 30.9 Å². The molecule has 0 saturated carbocycles. The lowest BCUT2D eigenvalue weighted by molar-refractivity contribution is -0.155. The van der Waals surface area contributed by atoms with Gasteiger partial charge in [-0.2, -0.15) is 5.10 Å². The lowest BCUT2D eigenvalue weighted by Gasteiger charge is -2.21. The Morgan fingerprint density at radius 1 is 1.18 bits per heavy atom. The molecule has 1 aromatic heterocycles. The summed E-state index contributed by atoms with van der Waals surface area (Å²) in [5.41, 5.74) is 11.9. The van der Waals surface area contributed by atoms with Crippen LogP contribution in [0.4, 0.5) is 4.79 Å². The molecule has 0 aliphatic heterocycles. The molecule has 2 atom stereocenters. The van der Waals surface area contributed by atoms with E-state index in [1.807, 2.05) is 19.3 Å². The van der Waals surface area contributed by atoms with Gasteiger partial charge in [0.15, 0.2) is 5.82 Å². The maximum atomic E-state index is 11.8. The van der Waals surface area contributed by atoms with Crippen LogP contribution in [0.3, 0.4) is 0 Å². The average molecular weight is 543 g/mol. The van der Waals surface area contributed by atoms with Gasteiger partial charge in [-0.05, 0) is 43.5 Å². The number of nitrogens with one attached hydrogen (secondary N) is 3. The van der Waals surface area contributed by atoms with Gasteiger partial charge in [-0.3, -0.25) is 14.4 Å². The standard InChI is InChI=1S/C14H26N4O4.C8H16N6O2/c1-9(2)6-11(19)17-10(8-16-18-13(15)21)7-12(20)22-14(3,4)5;1-10-8(15)6(9)3-4-7-11-12-13-14(7)5-16-2/h8-10H,6-7H2,1-5H3,(H,17,19)(H3,15,18,21);6H,3-5,9H2,1-2H3,(H,10,15)/b16-8+;/t10-;6-/m00/s1. The van der Waals surface area contributed by atoms with Gasteiger partial charge in [0.1, 0.15) is 12.3 Å². The van der Waals surface area contributed by atoms with E-state index >= 15 is 0 Å². The Balaban J connectivity index is 0.000000755. The molecule has 0 radical (unpaired) electrons. The number of primary amides is 1. The minimum absolute atomic E-state index is 0.0922. The highest BCUT2D eigenvalue weighted by atomic mass is 16.6. The Morgan fingerprint density at radius 3 is 2.37 bits per heavy atom. The van der Waals surface area contributed by atoms with Crippen LogP contribution >= 0.6 is 0 Å². The zero-order valence-electron chi connectivity index (χ0n) is 23.2. The molecule has 0 aliphatic rings. The molecule has 0 fully saturated rings. The molecule has 1 rings (SSSR count). The third kappa shape index (κ3) is 16.9. The molecule has 0 aliphatic carbocycles. The van der Waals surface area contributed by atoms with Crippen LogP contribution in [-0.2, 0) is 37.0 Å². The number of hydrazone groups is 1. The zero-order chi connectivity index (χ0) is 29.3. The number of likely N-dealkylation sites (N-methyl/N-ethyl adjacent to an activating group) is 1. The molecular formula is C22H42N10O6. The van der Waals surface area contributed by atoms with Crippen molar-refractivity contribution in [3.05, 3.63) is 5.82 Å². The highest BCUT2D eigenvalue weighted by molar-refractivity contribution is 5.84. The molecule has 216 valence electrons. The summed E-state index contributed by atoms with van der Waals surface area (Å²) in [6, 6.07) is -2.06. The number of nitrogens with zero attached hydrogens (tertiary/aromatic N) is 5. The Hall–Kier alpha value is -3.66. The molecular weight excluding hydrogens is 500 g/mol. The number of hydrogen-bond acceptors (Lipinski definition) is 11. The number of amides is 4. The van der Waals surface area contributed by atoms with E-state index in [9.17, 15) is 19.2 Å². The lowest BCUT2D eigenvalue weighted by atomic mass is 10.1. The van der Waals surface area contributed by atoms with Crippen LogP contribution in [0.5, 0.6) is 0 Å². The fraction of sp³-hybridized carbons (Fsp3) is 0.727. The number of tetrazole rings is 1. The SMILES string of the molecule is CC(C)CC(=O)N[C@H](/C=N/NC(N)=O)CC(=O)OC(C)(C)C.CNC(=O)[C@@H](N)CCc1nnnn1COC. The highest BCUT2D eigenvalue weighted by Crippen LogP contribution is 2.09. The zero-order valence-corrected chi connectivity index (χ0v) is 23.2. The molecule has 38 heavy (non-hydrogen) atoms. The number of ether oxygens (including phenoxy) is 2. The average Bonchev–Trinajstić information content (AvgIpc) is 3.22. The summed E-state index contributed by atoms with van der Waals surface area (Å²) in [7, 11) is 3.11. The van der Waals surface area contributed by atoms with Crippen LogP contribution in [-0.4, -0.2) is 82.1 Å². The number of rotatable bonds is 13. The van der Waals surface area contributed by atoms with Gasteiger partial charge in [0.25, 0.3) is 0 Å². The van der Waals surface area contributed by atoms with Crippen molar-refractivity contribution < 1.29 is 28.7 Å². The number of aromatic nitrogens is 4. The van der Waals surface area contributed by atoms with Crippen LogP contribution in [0, 0.1) is 5.92 Å². The van der Waals surface area contributed by atoms with Crippen molar-refractivity contribution in [2.75, 3.05) is 14.2 Å². The summed E-state index contributed by atoms with van der Waals surface area (Å²) in [5.74, 6) is -0.0446. The van der Waals surface area contributed by atoms with Crippen LogP contribution in [0.15, 0.2) is 5.10 Å². The fourth-order valence-electron chi connectivity index (χ4n) is 2.76. The summed E-state index contributed by atoms with van der Waals surface area (Å²) in [5, 5.41) is 19.8. The van der Waals surface area contributed by atoms with E-state index in [1.165, 1.54) is 10.9 Å². The monoisotopic (exact) mass is 542 g/mol. The molecule has 1 heterocycles. The predicted octanol–water partition coefficient (Wildman–Crippen LogP) is -0.814. The number of esters is 1. The Morgan fingerprint density at radius 2 is 1.84 bits per heavy atom. The van der Waals surface area contributed by atoms with Crippen LogP contribution in [0.25, 0.3) is 0 Å². The number of nitrogens with two attached hydrogens (primary N) is 2. The minimum Gasteiger partial charge on any atom is -0.460 e. The Labute approximate surface area is 222 Å². The molecule has 0 aromatic carbocycles. The summed E-state index contributed by atoms with van der Waals surface area (Å²) in [6.07, 6.45) is 2.49. The van der Waals surface area contributed by atoms with E-state index in [0.717, 1.165) is 0 Å². The van der Waals surface area contributed by atoms with Gasteiger partial charge in [0.05, 0.1) is 18.5 Å². The third-order valence-corrected chi connectivity index (χ3v) is 4.30. The number of methoxy groups -OCH3 is 1. The minimum atomic E-state index is -0.833. The topological polar surface area (TPSA) is 231 Å². The van der Waals surface area contributed by atoms with Crippen molar-refractivity contribution in [2.45, 2.75) is 84.7 Å². The molecule has 16 heteroatoms. The predicted molar refractivity (Wildman–Crippen MR) is 138 cm³/mol. The van der Waals surface area contributed by atoms with Crippen molar-refractivity contribution in [2.24, 2.45) is 22.5 Å². The molecule has 1 aromatic rings. The number of hydrogen-bond donors (Lipinski definition) is 5. The fourth-order valence-corrected chi connectivity index (χ4v) is 2.76. The van der Waals surface area contributed by atoms with Crippen molar-refractivity contribution in [3.63, 3.8) is 0 Å². The normalized spacial score (nSPS) is 12.8. The molecule has 0 spiro atoms. The van der Waals surface area contributed by atoms with Crippen molar-refractivity contribution >= 4 is 30.0 Å². The van der Waals surface area contributed by atoms with E-state index < -0.39 is 29.7 Å². The van der Waals surface area contributed by atoms with Gasteiger partial charge < -0.3 is 31.6 Å². The smallest absolute Gasteiger partial charge is 0.332 e. The van der Waals surface area contributed by atoms with E-state index in [4.69, 9.17) is 20.9 Å². The summed E-state index contributed by atoms with van der Waals surface area (Å²) < 4.78 is 11.6. The number of aryl methyl sites for hydroxylation is 1. The van der Waals surface area contributed by atoms with E-state index in [1.54, 1.807) is 34.9 Å². The second-order valence-electron chi connectivity index (χ2n) is 9.59. The second-order valence-corrected chi connectivity index (χ2v) is 9.59. The second kappa shape index (κ2) is 17.7. The first kappa shape index (κ1) is 34.3. The van der Waals surface area contributed by atoms with Gasteiger partial charge in [-0.25, -0.2) is 14.9 Å². The van der Waals surface area contributed by atoms with Crippen LogP contribution in [0.2, 0.25) is 0 Å². The Bertz CT molecular complexity index is 913. The maximum absolute atomic E-state index is 11.8. The quantitative estimate of drug-likeness (QED) is 0.118. The largest absolute Gasteiger partial charge is 0.460 e. The molecule has 0 saturated heterocycles. The number of carbonyl (C=O) groups is 4. The van der Waals surface area contributed by atoms with Gasteiger partial charge in [-0.1, -0.05) is 13.8 Å². The van der Waals surface area contributed by atoms with Gasteiger partial charge >= 0.3 is 12.0 Å². The maximum Gasteiger partial charge on any atom is 0.332 e. The first-order chi connectivity index (χ1) is 17.7. The van der Waals surface area contributed by atoms with E-state index in [2.05, 4.69) is 31.3 Å². The highest BCUT2D eigenvalue weighted by Gasteiger charge is 2.21. The molecule has 0 unspecified atom stereocenters. The first-order valence-electron chi connectivity index (χ1n) is 12.0. The lowest BCUT2D eigenvalue weighted by Crippen LogP contribution is -2.40. The number of urea groups is 1. The number of carbonyl (C=O) groups excluding carboxylic acids is 4. The third-order valence-electron chi connectivity index (χ3n) is 4.30. The molecule has 16 nitrogen and oxygen atoms in total. The van der Waals surface area contributed by atoms with Crippen molar-refractivity contribution in [3.8, 4) is 0 Å². The Kier molecular flexibility index (Phi) is 16.0. The first-order valence-corrected chi connectivity index (χ1v) is 12.0. The molecule has 7 N–H and O–H groups in total. The van der Waals surface area contributed by atoms with Crippen molar-refractivity contribution in [1.82, 2.24) is 36.3 Å². The summed E-state index contributed by atoms with van der Waals surface area (Å²) in [6.45, 7) is 9.36. The van der Waals surface area contributed by atoms with Crippen LogP contribution < -0.4 is 27.5 Å². The van der Waals surface area contributed by atoms with Gasteiger partial charge in [-0.15, -0.1) is 5.10 Å². The van der Waals surface area contributed by atoms with E-state index in [0.29, 0.717) is 25.1 Å².